The minimum Gasteiger partial charge on any atom is -0.353 e. The van der Waals surface area contributed by atoms with E-state index in [2.05, 4.69) is 5.32 Å². The Morgan fingerprint density at radius 2 is 1.88 bits per heavy atom. The van der Waals surface area contributed by atoms with Gasteiger partial charge in [-0.1, -0.05) is 31.0 Å². The second-order valence-corrected chi connectivity index (χ2v) is 6.52. The predicted octanol–water partition coefficient (Wildman–Crippen LogP) is 1.96. The molecule has 1 heterocycles. The standard InChI is InChI=1S/C18H25N3O2.ClH/c19-10-11-20-17(22)16-12-14-8-4-5-9-15(14)21(16)18(23)13-6-2-1-3-7-13;/h1-3,6-7,14-16H,4-5,8-12,19H2,(H,20,22);1H. The van der Waals surface area contributed by atoms with E-state index in [9.17, 15) is 9.59 Å². The molecule has 2 amide bonds. The Hall–Kier alpha value is -1.59. The number of likely N-dealkylation sites (tertiary alicyclic amines) is 1. The molecule has 1 saturated carbocycles. The Morgan fingerprint density at radius 3 is 2.58 bits per heavy atom. The Morgan fingerprint density at radius 1 is 1.17 bits per heavy atom. The van der Waals surface area contributed by atoms with Gasteiger partial charge in [-0.25, -0.2) is 0 Å². The minimum absolute atomic E-state index is 0. The maximum Gasteiger partial charge on any atom is 0.254 e. The number of hydrogen-bond acceptors (Lipinski definition) is 3. The van der Waals surface area contributed by atoms with Gasteiger partial charge in [-0.15, -0.1) is 12.4 Å². The summed E-state index contributed by atoms with van der Waals surface area (Å²) in [6.45, 7) is 0.871. The molecule has 3 atom stereocenters. The molecule has 5 nitrogen and oxygen atoms in total. The van der Waals surface area contributed by atoms with Crippen molar-refractivity contribution in [3.63, 3.8) is 0 Å². The summed E-state index contributed by atoms with van der Waals surface area (Å²) in [4.78, 5) is 27.4. The average Bonchev–Trinajstić information content (AvgIpc) is 2.99. The van der Waals surface area contributed by atoms with E-state index in [4.69, 9.17) is 5.73 Å². The lowest BCUT2D eigenvalue weighted by Crippen LogP contribution is -2.50. The zero-order valence-corrected chi connectivity index (χ0v) is 14.6. The number of carbonyl (C=O) groups excluding carboxylic acids is 2. The molecule has 1 aliphatic carbocycles. The molecule has 24 heavy (non-hydrogen) atoms. The molecule has 132 valence electrons. The summed E-state index contributed by atoms with van der Waals surface area (Å²) in [5.41, 5.74) is 6.15. The van der Waals surface area contributed by atoms with E-state index < -0.39 is 0 Å². The molecule has 3 rings (SSSR count). The molecule has 0 radical (unpaired) electrons. The van der Waals surface area contributed by atoms with Crippen LogP contribution in [0.5, 0.6) is 0 Å². The number of rotatable bonds is 4. The van der Waals surface area contributed by atoms with Crippen molar-refractivity contribution in [2.45, 2.75) is 44.2 Å². The zero-order valence-electron chi connectivity index (χ0n) is 13.8. The quantitative estimate of drug-likeness (QED) is 0.870. The van der Waals surface area contributed by atoms with Crippen LogP contribution in [0, 0.1) is 5.92 Å². The third-order valence-corrected chi connectivity index (χ3v) is 5.09. The first-order valence-electron chi connectivity index (χ1n) is 8.58. The van der Waals surface area contributed by atoms with Crippen LogP contribution >= 0.6 is 12.4 Å². The number of nitrogens with two attached hydrogens (primary N) is 1. The van der Waals surface area contributed by atoms with Crippen molar-refractivity contribution < 1.29 is 9.59 Å². The van der Waals surface area contributed by atoms with E-state index in [1.54, 1.807) is 0 Å². The smallest absolute Gasteiger partial charge is 0.254 e. The lowest BCUT2D eigenvalue weighted by atomic mass is 9.84. The van der Waals surface area contributed by atoms with Crippen molar-refractivity contribution in [3.05, 3.63) is 35.9 Å². The molecular weight excluding hydrogens is 326 g/mol. The van der Waals surface area contributed by atoms with Gasteiger partial charge in [0.2, 0.25) is 5.91 Å². The van der Waals surface area contributed by atoms with Crippen molar-refractivity contribution in [1.29, 1.82) is 0 Å². The fraction of sp³-hybridized carbons (Fsp3) is 0.556. The molecule has 0 bridgehead atoms. The van der Waals surface area contributed by atoms with Crippen LogP contribution in [0.4, 0.5) is 0 Å². The van der Waals surface area contributed by atoms with Gasteiger partial charge in [0.05, 0.1) is 0 Å². The van der Waals surface area contributed by atoms with Crippen molar-refractivity contribution in [3.8, 4) is 0 Å². The molecule has 2 fully saturated rings. The van der Waals surface area contributed by atoms with E-state index >= 15 is 0 Å². The summed E-state index contributed by atoms with van der Waals surface area (Å²) in [5, 5.41) is 2.86. The van der Waals surface area contributed by atoms with Gasteiger partial charge in [0, 0.05) is 24.7 Å². The van der Waals surface area contributed by atoms with Crippen molar-refractivity contribution >= 4 is 24.2 Å². The molecule has 0 spiro atoms. The topological polar surface area (TPSA) is 75.4 Å². The first-order chi connectivity index (χ1) is 11.2. The van der Waals surface area contributed by atoms with Gasteiger partial charge in [0.15, 0.2) is 0 Å². The fourth-order valence-corrected chi connectivity index (χ4v) is 4.03. The lowest BCUT2D eigenvalue weighted by molar-refractivity contribution is -0.125. The van der Waals surface area contributed by atoms with Crippen LogP contribution in [0.15, 0.2) is 30.3 Å². The molecule has 0 aromatic heterocycles. The molecular formula is C18H26ClN3O2. The Balaban J connectivity index is 0.00000208. The van der Waals surface area contributed by atoms with Gasteiger partial charge in [0.1, 0.15) is 6.04 Å². The molecule has 3 N–H and O–H groups in total. The van der Waals surface area contributed by atoms with Crippen molar-refractivity contribution in [2.75, 3.05) is 13.1 Å². The predicted molar refractivity (Wildman–Crippen MR) is 96.1 cm³/mol. The van der Waals surface area contributed by atoms with E-state index in [1.165, 1.54) is 6.42 Å². The van der Waals surface area contributed by atoms with Gasteiger partial charge in [-0.05, 0) is 37.3 Å². The van der Waals surface area contributed by atoms with Gasteiger partial charge >= 0.3 is 0 Å². The average molecular weight is 352 g/mol. The monoisotopic (exact) mass is 351 g/mol. The summed E-state index contributed by atoms with van der Waals surface area (Å²) in [6.07, 6.45) is 5.23. The second-order valence-electron chi connectivity index (χ2n) is 6.52. The van der Waals surface area contributed by atoms with Crippen molar-refractivity contribution in [2.24, 2.45) is 11.7 Å². The van der Waals surface area contributed by atoms with Crippen LogP contribution in [-0.2, 0) is 4.79 Å². The van der Waals surface area contributed by atoms with E-state index in [-0.39, 0.29) is 36.3 Å². The van der Waals surface area contributed by atoms with Crippen LogP contribution in [0.2, 0.25) is 0 Å². The van der Waals surface area contributed by atoms with Crippen LogP contribution in [-0.4, -0.2) is 41.9 Å². The molecule has 1 aromatic carbocycles. The third kappa shape index (κ3) is 3.73. The van der Waals surface area contributed by atoms with Gasteiger partial charge in [-0.2, -0.15) is 0 Å². The number of carbonyl (C=O) groups is 2. The number of hydrogen-bond donors (Lipinski definition) is 2. The maximum atomic E-state index is 13.0. The van der Waals surface area contributed by atoms with Crippen LogP contribution in [0.1, 0.15) is 42.5 Å². The van der Waals surface area contributed by atoms with Crippen LogP contribution in [0.3, 0.4) is 0 Å². The van der Waals surface area contributed by atoms with E-state index in [0.717, 1.165) is 25.7 Å². The highest BCUT2D eigenvalue weighted by Gasteiger charge is 2.47. The Labute approximate surface area is 149 Å². The number of amides is 2. The molecule has 1 aliphatic heterocycles. The fourth-order valence-electron chi connectivity index (χ4n) is 4.03. The molecule has 3 unspecified atom stereocenters. The van der Waals surface area contributed by atoms with Crippen molar-refractivity contribution in [1.82, 2.24) is 10.2 Å². The number of nitrogens with one attached hydrogen (secondary N) is 1. The summed E-state index contributed by atoms with van der Waals surface area (Å²) in [6, 6.07) is 9.12. The zero-order chi connectivity index (χ0) is 16.2. The summed E-state index contributed by atoms with van der Waals surface area (Å²) >= 11 is 0. The summed E-state index contributed by atoms with van der Waals surface area (Å²) in [7, 11) is 0. The molecule has 6 heteroatoms. The highest BCUT2D eigenvalue weighted by molar-refractivity contribution is 5.98. The largest absolute Gasteiger partial charge is 0.353 e. The van der Waals surface area contributed by atoms with E-state index in [0.29, 0.717) is 24.6 Å². The Kier molecular flexibility index (Phi) is 6.63. The number of fused-ring (bicyclic) bond motifs is 1. The maximum absolute atomic E-state index is 13.0. The summed E-state index contributed by atoms with van der Waals surface area (Å²) in [5.74, 6) is 0.368. The minimum atomic E-state index is -0.359. The SMILES string of the molecule is Cl.NCCNC(=O)C1CC2CCCCC2N1C(=O)c1ccccc1. The van der Waals surface area contributed by atoms with Gasteiger partial charge < -0.3 is 16.0 Å². The highest BCUT2D eigenvalue weighted by atomic mass is 35.5. The molecule has 2 aliphatic rings. The van der Waals surface area contributed by atoms with Crippen LogP contribution in [0.25, 0.3) is 0 Å². The van der Waals surface area contributed by atoms with E-state index in [1.807, 2.05) is 35.2 Å². The van der Waals surface area contributed by atoms with Gasteiger partial charge in [0.25, 0.3) is 5.91 Å². The van der Waals surface area contributed by atoms with Crippen LogP contribution < -0.4 is 11.1 Å². The third-order valence-electron chi connectivity index (χ3n) is 5.09. The first-order valence-corrected chi connectivity index (χ1v) is 8.58. The number of halogens is 1. The number of nitrogens with zero attached hydrogens (tertiary/aromatic N) is 1. The summed E-state index contributed by atoms with van der Waals surface area (Å²) < 4.78 is 0. The normalized spacial score (nSPS) is 25.5. The molecule has 1 saturated heterocycles. The second kappa shape index (κ2) is 8.49. The highest BCUT2D eigenvalue weighted by Crippen LogP contribution is 2.40. The lowest BCUT2D eigenvalue weighted by Gasteiger charge is -2.33. The number of benzene rings is 1. The first kappa shape index (κ1) is 18.7. The molecule has 1 aromatic rings. The van der Waals surface area contributed by atoms with Gasteiger partial charge in [-0.3, -0.25) is 9.59 Å². The Bertz CT molecular complexity index is 567.